The molecule has 0 aliphatic heterocycles. The number of carbonyl (C=O) groups is 1. The Labute approximate surface area is 131 Å². The number of rotatable bonds is 2. The molecule has 1 fully saturated rings. The lowest BCUT2D eigenvalue weighted by molar-refractivity contribution is 0.0903. The summed E-state index contributed by atoms with van der Waals surface area (Å²) in [5.74, 6) is 7.24. The Hall–Kier alpha value is -1.31. The fraction of sp³-hybridized carbons (Fsp3) is 0.588. The van der Waals surface area contributed by atoms with Crippen LogP contribution in [0.5, 0.6) is 0 Å². The van der Waals surface area contributed by atoms with Gasteiger partial charge < -0.3 is 11.1 Å². The lowest BCUT2D eigenvalue weighted by atomic mass is 9.80. The van der Waals surface area contributed by atoms with Crippen molar-refractivity contribution in [2.24, 2.45) is 17.6 Å². The molecule has 0 aromatic carbocycles. The quantitative estimate of drug-likeness (QED) is 0.825. The van der Waals surface area contributed by atoms with Crippen molar-refractivity contribution >= 4 is 17.2 Å². The molecular weight excluding hydrogens is 280 g/mol. The lowest BCUT2D eigenvalue weighted by Crippen LogP contribution is -2.42. The predicted molar refractivity (Wildman–Crippen MR) is 88.4 cm³/mol. The highest BCUT2D eigenvalue weighted by atomic mass is 32.1. The van der Waals surface area contributed by atoms with E-state index in [1.165, 1.54) is 24.2 Å². The van der Waals surface area contributed by atoms with Crippen molar-refractivity contribution in [3.63, 3.8) is 0 Å². The van der Waals surface area contributed by atoms with Gasteiger partial charge in [-0.25, -0.2) is 0 Å². The lowest BCUT2D eigenvalue weighted by Gasteiger charge is -2.33. The number of aryl methyl sites for hydroxylation is 1. The molecule has 3 atom stereocenters. The zero-order valence-electron chi connectivity index (χ0n) is 13.0. The maximum Gasteiger partial charge on any atom is 0.261 e. The molecule has 1 aliphatic rings. The molecule has 21 heavy (non-hydrogen) atoms. The van der Waals surface area contributed by atoms with Gasteiger partial charge in [0.05, 0.1) is 16.3 Å². The van der Waals surface area contributed by atoms with E-state index < -0.39 is 0 Å². The van der Waals surface area contributed by atoms with Crippen LogP contribution in [0.4, 0.5) is 0 Å². The summed E-state index contributed by atoms with van der Waals surface area (Å²) in [7, 11) is 0. The van der Waals surface area contributed by atoms with Gasteiger partial charge in [0.15, 0.2) is 0 Å². The monoisotopic (exact) mass is 304 g/mol. The van der Waals surface area contributed by atoms with Gasteiger partial charge in [-0.2, -0.15) is 0 Å². The number of thiophene rings is 1. The van der Waals surface area contributed by atoms with E-state index >= 15 is 0 Å². The third-order valence-corrected chi connectivity index (χ3v) is 5.34. The van der Waals surface area contributed by atoms with Crippen LogP contribution in [0.1, 0.15) is 53.2 Å². The molecule has 0 bridgehead atoms. The predicted octanol–water partition coefficient (Wildman–Crippen LogP) is 2.92. The number of carbonyl (C=O) groups excluding carboxylic acids is 1. The minimum Gasteiger partial charge on any atom is -0.348 e. The maximum absolute atomic E-state index is 12.4. The number of nitrogens with one attached hydrogen (secondary N) is 1. The Kier molecular flexibility index (Phi) is 5.44. The summed E-state index contributed by atoms with van der Waals surface area (Å²) in [4.78, 5) is 14.1. The van der Waals surface area contributed by atoms with E-state index in [2.05, 4.69) is 31.0 Å². The molecule has 3 nitrogen and oxygen atoms in total. The molecule has 3 unspecified atom stereocenters. The van der Waals surface area contributed by atoms with E-state index in [0.29, 0.717) is 18.5 Å². The molecule has 2 rings (SSSR count). The zero-order chi connectivity index (χ0) is 15.4. The summed E-state index contributed by atoms with van der Waals surface area (Å²) in [6.45, 7) is 6.85. The summed E-state index contributed by atoms with van der Waals surface area (Å²) in [5, 5.41) is 3.20. The zero-order valence-corrected chi connectivity index (χ0v) is 13.8. The van der Waals surface area contributed by atoms with E-state index in [9.17, 15) is 4.79 Å². The van der Waals surface area contributed by atoms with Crippen molar-refractivity contribution in [1.82, 2.24) is 5.32 Å². The van der Waals surface area contributed by atoms with Crippen LogP contribution < -0.4 is 11.1 Å². The second-order valence-corrected chi connectivity index (χ2v) is 7.16. The first-order valence-electron chi connectivity index (χ1n) is 7.61. The Bertz CT molecular complexity index is 567. The highest BCUT2D eigenvalue weighted by molar-refractivity contribution is 7.14. The van der Waals surface area contributed by atoms with Gasteiger partial charge >= 0.3 is 0 Å². The first-order valence-corrected chi connectivity index (χ1v) is 8.43. The van der Waals surface area contributed by atoms with Gasteiger partial charge in [-0.05, 0) is 49.7 Å². The SMILES string of the molecule is Cc1cc(C(=O)NC2CCC(C)CC2C)sc1C#CCN. The molecule has 0 spiro atoms. The van der Waals surface area contributed by atoms with Crippen molar-refractivity contribution in [3.8, 4) is 11.8 Å². The van der Waals surface area contributed by atoms with Gasteiger partial charge in [0, 0.05) is 6.04 Å². The molecule has 4 heteroatoms. The van der Waals surface area contributed by atoms with E-state index in [-0.39, 0.29) is 5.91 Å². The van der Waals surface area contributed by atoms with Crippen molar-refractivity contribution in [1.29, 1.82) is 0 Å². The molecule has 114 valence electrons. The van der Waals surface area contributed by atoms with Gasteiger partial charge in [0.1, 0.15) is 0 Å². The molecule has 1 aromatic heterocycles. The number of amides is 1. The van der Waals surface area contributed by atoms with E-state index in [1.54, 1.807) is 0 Å². The van der Waals surface area contributed by atoms with Crippen LogP contribution in [-0.4, -0.2) is 18.5 Å². The van der Waals surface area contributed by atoms with Crippen LogP contribution >= 0.6 is 11.3 Å². The van der Waals surface area contributed by atoms with Crippen molar-refractivity contribution < 1.29 is 4.79 Å². The van der Waals surface area contributed by atoms with Crippen molar-refractivity contribution in [3.05, 3.63) is 21.4 Å². The minimum absolute atomic E-state index is 0.0373. The summed E-state index contributed by atoms with van der Waals surface area (Å²) in [6, 6.07) is 2.23. The van der Waals surface area contributed by atoms with E-state index in [0.717, 1.165) is 27.7 Å². The highest BCUT2D eigenvalue weighted by Gasteiger charge is 2.27. The molecular formula is C17H24N2OS. The Morgan fingerprint density at radius 3 is 2.90 bits per heavy atom. The molecule has 1 heterocycles. The Morgan fingerprint density at radius 1 is 1.48 bits per heavy atom. The van der Waals surface area contributed by atoms with Gasteiger partial charge in [-0.1, -0.05) is 25.7 Å². The van der Waals surface area contributed by atoms with Crippen LogP contribution in [0.2, 0.25) is 0 Å². The number of nitrogens with two attached hydrogens (primary N) is 1. The average molecular weight is 304 g/mol. The normalized spacial score (nSPS) is 25.0. The van der Waals surface area contributed by atoms with Crippen LogP contribution in [0, 0.1) is 30.6 Å². The van der Waals surface area contributed by atoms with Gasteiger partial charge in [-0.15, -0.1) is 11.3 Å². The average Bonchev–Trinajstić information content (AvgIpc) is 2.81. The largest absolute Gasteiger partial charge is 0.348 e. The highest BCUT2D eigenvalue weighted by Crippen LogP contribution is 2.29. The third-order valence-electron chi connectivity index (χ3n) is 4.19. The van der Waals surface area contributed by atoms with Gasteiger partial charge in [-0.3, -0.25) is 4.79 Å². The van der Waals surface area contributed by atoms with Crippen LogP contribution in [-0.2, 0) is 0 Å². The van der Waals surface area contributed by atoms with Gasteiger partial charge in [0.25, 0.3) is 5.91 Å². The Morgan fingerprint density at radius 2 is 2.24 bits per heavy atom. The molecule has 1 amide bonds. The molecule has 3 N–H and O–H groups in total. The van der Waals surface area contributed by atoms with Crippen LogP contribution in [0.3, 0.4) is 0 Å². The summed E-state index contributed by atoms with van der Waals surface area (Å²) >= 11 is 1.46. The topological polar surface area (TPSA) is 55.1 Å². The van der Waals surface area contributed by atoms with Crippen LogP contribution in [0.25, 0.3) is 0 Å². The molecule has 1 aromatic rings. The smallest absolute Gasteiger partial charge is 0.261 e. The first-order chi connectivity index (χ1) is 10.0. The Balaban J connectivity index is 2.03. The van der Waals surface area contributed by atoms with Gasteiger partial charge in [0.2, 0.25) is 0 Å². The fourth-order valence-corrected chi connectivity index (χ4v) is 3.92. The van der Waals surface area contributed by atoms with Crippen molar-refractivity contribution in [2.75, 3.05) is 6.54 Å². The second kappa shape index (κ2) is 7.11. The van der Waals surface area contributed by atoms with Crippen LogP contribution in [0.15, 0.2) is 6.07 Å². The minimum atomic E-state index is 0.0373. The molecule has 0 radical (unpaired) electrons. The van der Waals surface area contributed by atoms with E-state index in [1.807, 2.05) is 13.0 Å². The summed E-state index contributed by atoms with van der Waals surface area (Å²) in [6.07, 6.45) is 3.48. The third kappa shape index (κ3) is 4.09. The molecule has 0 saturated heterocycles. The first kappa shape index (κ1) is 16.1. The van der Waals surface area contributed by atoms with Crippen molar-refractivity contribution in [2.45, 2.75) is 46.1 Å². The summed E-state index contributed by atoms with van der Waals surface area (Å²) < 4.78 is 0. The summed E-state index contributed by atoms with van der Waals surface area (Å²) in [5.41, 5.74) is 6.45. The standard InChI is InChI=1S/C17H24N2OS/c1-11-6-7-14(12(2)9-11)19-17(20)16-10-13(3)15(21-16)5-4-8-18/h10-12,14H,6-9,18H2,1-3H3,(H,19,20). The molecule has 1 saturated carbocycles. The number of hydrogen-bond donors (Lipinski definition) is 2. The second-order valence-electron chi connectivity index (χ2n) is 6.10. The fourth-order valence-electron chi connectivity index (χ4n) is 2.97. The molecule has 1 aliphatic carbocycles. The van der Waals surface area contributed by atoms with E-state index in [4.69, 9.17) is 5.73 Å². The maximum atomic E-state index is 12.4. The number of hydrogen-bond acceptors (Lipinski definition) is 3.